The first-order valence-electron chi connectivity index (χ1n) is 15.5. The first kappa shape index (κ1) is 33.0. The number of ether oxygens (including phenoxy) is 1. The maximum atomic E-state index is 6.61. The summed E-state index contributed by atoms with van der Waals surface area (Å²) >= 11 is 0. The summed E-state index contributed by atoms with van der Waals surface area (Å²) in [4.78, 5) is 0. The topological polar surface area (TPSA) is 9.23 Å². The van der Waals surface area contributed by atoms with Gasteiger partial charge in [0, 0.05) is 0 Å². The maximum absolute atomic E-state index is 6.61. The lowest BCUT2D eigenvalue weighted by atomic mass is 9.94. The van der Waals surface area contributed by atoms with E-state index in [0.717, 1.165) is 0 Å². The first-order valence-corrected chi connectivity index (χ1v) is 15.5. The van der Waals surface area contributed by atoms with Gasteiger partial charge in [0.15, 0.2) is 0 Å². The van der Waals surface area contributed by atoms with E-state index >= 15 is 0 Å². The van der Waals surface area contributed by atoms with Crippen LogP contribution in [0.4, 0.5) is 0 Å². The number of rotatable bonds is 26. The Balaban J connectivity index is 3.62. The summed E-state index contributed by atoms with van der Waals surface area (Å²) in [6, 6.07) is 0. The molecule has 0 unspecified atom stereocenters. The van der Waals surface area contributed by atoms with Gasteiger partial charge in [-0.05, 0) is 40.5 Å². The van der Waals surface area contributed by atoms with E-state index in [1.165, 1.54) is 154 Å². The van der Waals surface area contributed by atoms with Gasteiger partial charge in [0.25, 0.3) is 0 Å². The van der Waals surface area contributed by atoms with Gasteiger partial charge in [-0.1, -0.05) is 155 Å². The van der Waals surface area contributed by atoms with Crippen LogP contribution in [0, 0.1) is 0 Å². The Morgan fingerprint density at radius 2 is 0.545 bits per heavy atom. The van der Waals surface area contributed by atoms with E-state index in [0.29, 0.717) is 0 Å². The van der Waals surface area contributed by atoms with Crippen molar-refractivity contribution in [1.29, 1.82) is 0 Å². The SMILES string of the molecule is CCCCCCCCCCCCCC(C)(C)OC(C)(C)CCCCCCCCCCCCC. The van der Waals surface area contributed by atoms with Gasteiger partial charge >= 0.3 is 0 Å². The first-order chi connectivity index (χ1) is 15.8. The van der Waals surface area contributed by atoms with Crippen LogP contribution in [-0.2, 0) is 4.74 Å². The molecular formula is C32H66O. The van der Waals surface area contributed by atoms with Crippen molar-refractivity contribution in [2.45, 2.75) is 207 Å². The van der Waals surface area contributed by atoms with Gasteiger partial charge in [-0.2, -0.15) is 0 Å². The number of hydrogen-bond acceptors (Lipinski definition) is 1. The lowest BCUT2D eigenvalue weighted by Crippen LogP contribution is -2.37. The van der Waals surface area contributed by atoms with E-state index in [9.17, 15) is 0 Å². The molecule has 0 fully saturated rings. The Bertz CT molecular complexity index is 348. The Hall–Kier alpha value is -0.0400. The molecule has 0 aromatic heterocycles. The molecule has 0 N–H and O–H groups in total. The highest BCUT2D eigenvalue weighted by molar-refractivity contribution is 4.77. The molecular weight excluding hydrogens is 400 g/mol. The molecule has 0 atom stereocenters. The minimum absolute atomic E-state index is 0.0144. The van der Waals surface area contributed by atoms with Crippen LogP contribution in [0.1, 0.15) is 196 Å². The molecule has 0 aliphatic rings. The lowest BCUT2D eigenvalue weighted by molar-refractivity contribution is -0.130. The van der Waals surface area contributed by atoms with Crippen molar-refractivity contribution < 1.29 is 4.74 Å². The quantitative estimate of drug-likeness (QED) is 0.115. The third-order valence-electron chi connectivity index (χ3n) is 7.32. The Labute approximate surface area is 211 Å². The molecule has 0 radical (unpaired) electrons. The second-order valence-electron chi connectivity index (χ2n) is 12.2. The summed E-state index contributed by atoms with van der Waals surface area (Å²) < 4.78 is 6.61. The van der Waals surface area contributed by atoms with Crippen molar-refractivity contribution in [3.63, 3.8) is 0 Å². The van der Waals surface area contributed by atoms with Gasteiger partial charge in [0.2, 0.25) is 0 Å². The molecule has 0 heterocycles. The fourth-order valence-electron chi connectivity index (χ4n) is 5.28. The van der Waals surface area contributed by atoms with Crippen molar-refractivity contribution in [1.82, 2.24) is 0 Å². The third kappa shape index (κ3) is 24.9. The van der Waals surface area contributed by atoms with Crippen LogP contribution in [0.3, 0.4) is 0 Å². The molecule has 200 valence electrons. The lowest BCUT2D eigenvalue weighted by Gasteiger charge is -2.36. The van der Waals surface area contributed by atoms with Crippen LogP contribution in [-0.4, -0.2) is 11.2 Å². The molecule has 0 aromatic carbocycles. The molecule has 0 bridgehead atoms. The molecule has 0 saturated heterocycles. The largest absolute Gasteiger partial charge is 0.370 e. The van der Waals surface area contributed by atoms with E-state index in [2.05, 4.69) is 41.5 Å². The standard InChI is InChI=1S/C32H66O/c1-7-9-11-13-15-17-19-21-23-25-27-29-31(3,4)33-32(5,6)30-28-26-24-22-20-18-16-14-12-10-8-2/h7-30H2,1-6H3. The average molecular weight is 467 g/mol. The average Bonchev–Trinajstić information content (AvgIpc) is 2.75. The van der Waals surface area contributed by atoms with E-state index in [1.807, 2.05) is 0 Å². The summed E-state index contributed by atoms with van der Waals surface area (Å²) in [5.74, 6) is 0. The molecule has 0 rings (SSSR count). The molecule has 0 aromatic rings. The van der Waals surface area contributed by atoms with E-state index in [4.69, 9.17) is 4.74 Å². The molecule has 0 aliphatic heterocycles. The maximum Gasteiger partial charge on any atom is 0.0633 e. The highest BCUT2D eigenvalue weighted by atomic mass is 16.5. The predicted octanol–water partition coefficient (Wildman–Crippen LogP) is 12.0. The minimum Gasteiger partial charge on any atom is -0.370 e. The van der Waals surface area contributed by atoms with Crippen LogP contribution in [0.15, 0.2) is 0 Å². The molecule has 1 nitrogen and oxygen atoms in total. The van der Waals surface area contributed by atoms with Gasteiger partial charge in [-0.3, -0.25) is 0 Å². The summed E-state index contributed by atoms with van der Waals surface area (Å²) in [6.07, 6.45) is 33.5. The second kappa shape index (κ2) is 22.4. The van der Waals surface area contributed by atoms with Gasteiger partial charge in [0.1, 0.15) is 0 Å². The van der Waals surface area contributed by atoms with Crippen LogP contribution in [0.5, 0.6) is 0 Å². The summed E-state index contributed by atoms with van der Waals surface area (Å²) in [5, 5.41) is 0. The van der Waals surface area contributed by atoms with Crippen LogP contribution in [0.25, 0.3) is 0 Å². The number of hydrogen-bond donors (Lipinski definition) is 0. The van der Waals surface area contributed by atoms with Crippen molar-refractivity contribution in [2.75, 3.05) is 0 Å². The summed E-state index contributed by atoms with van der Waals surface area (Å²) in [6.45, 7) is 13.8. The number of unbranched alkanes of at least 4 members (excludes halogenated alkanes) is 20. The van der Waals surface area contributed by atoms with Gasteiger partial charge in [-0.15, -0.1) is 0 Å². The second-order valence-corrected chi connectivity index (χ2v) is 12.2. The molecule has 0 amide bonds. The van der Waals surface area contributed by atoms with E-state index in [-0.39, 0.29) is 11.2 Å². The minimum atomic E-state index is 0.0144. The highest BCUT2D eigenvalue weighted by Crippen LogP contribution is 2.29. The van der Waals surface area contributed by atoms with Crippen LogP contribution >= 0.6 is 0 Å². The summed E-state index contributed by atoms with van der Waals surface area (Å²) in [5.41, 5.74) is 0.0289. The fraction of sp³-hybridized carbons (Fsp3) is 1.00. The van der Waals surface area contributed by atoms with Crippen molar-refractivity contribution in [2.24, 2.45) is 0 Å². The van der Waals surface area contributed by atoms with E-state index < -0.39 is 0 Å². The zero-order valence-electron chi connectivity index (χ0n) is 24.4. The van der Waals surface area contributed by atoms with Gasteiger partial charge in [0.05, 0.1) is 11.2 Å². The zero-order chi connectivity index (χ0) is 24.7. The highest BCUT2D eigenvalue weighted by Gasteiger charge is 2.28. The monoisotopic (exact) mass is 467 g/mol. The Morgan fingerprint density at radius 1 is 0.333 bits per heavy atom. The molecule has 33 heavy (non-hydrogen) atoms. The van der Waals surface area contributed by atoms with Crippen LogP contribution in [0.2, 0.25) is 0 Å². The fourth-order valence-corrected chi connectivity index (χ4v) is 5.28. The normalized spacial score (nSPS) is 12.5. The molecule has 0 spiro atoms. The Kier molecular flexibility index (Phi) is 22.4. The summed E-state index contributed by atoms with van der Waals surface area (Å²) in [7, 11) is 0. The van der Waals surface area contributed by atoms with Crippen molar-refractivity contribution in [3.8, 4) is 0 Å². The molecule has 0 aliphatic carbocycles. The predicted molar refractivity (Wildman–Crippen MR) is 151 cm³/mol. The molecule has 1 heteroatoms. The third-order valence-corrected chi connectivity index (χ3v) is 7.32. The Morgan fingerprint density at radius 3 is 0.788 bits per heavy atom. The van der Waals surface area contributed by atoms with Gasteiger partial charge < -0.3 is 4.74 Å². The smallest absolute Gasteiger partial charge is 0.0633 e. The van der Waals surface area contributed by atoms with Crippen LogP contribution < -0.4 is 0 Å². The van der Waals surface area contributed by atoms with Gasteiger partial charge in [-0.25, -0.2) is 0 Å². The van der Waals surface area contributed by atoms with Crippen molar-refractivity contribution in [3.05, 3.63) is 0 Å². The molecule has 0 saturated carbocycles. The van der Waals surface area contributed by atoms with Crippen molar-refractivity contribution >= 4 is 0 Å². The zero-order valence-corrected chi connectivity index (χ0v) is 24.4. The van der Waals surface area contributed by atoms with E-state index in [1.54, 1.807) is 0 Å².